The Morgan fingerprint density at radius 3 is 2.36 bits per heavy atom. The van der Waals surface area contributed by atoms with Crippen molar-refractivity contribution in [1.82, 2.24) is 15.4 Å². The van der Waals surface area contributed by atoms with Crippen LogP contribution in [0.25, 0.3) is 0 Å². The van der Waals surface area contributed by atoms with E-state index in [2.05, 4.69) is 26.0 Å². The minimum Gasteiger partial charge on any atom is -0.378 e. The Labute approximate surface area is 144 Å². The van der Waals surface area contributed by atoms with Gasteiger partial charge in [0.05, 0.1) is 0 Å². The highest BCUT2D eigenvalue weighted by molar-refractivity contribution is 6.02. The number of anilines is 4. The van der Waals surface area contributed by atoms with Crippen LogP contribution in [-0.2, 0) is 0 Å². The third-order valence-electron chi connectivity index (χ3n) is 3.42. The van der Waals surface area contributed by atoms with E-state index in [9.17, 15) is 4.79 Å². The molecule has 2 N–H and O–H groups in total. The first-order chi connectivity index (χ1) is 12.0. The molecule has 0 saturated carbocycles. The molecule has 0 atom stereocenters. The summed E-state index contributed by atoms with van der Waals surface area (Å²) in [5, 5.41) is 17.4. The quantitative estimate of drug-likeness (QED) is 0.738. The van der Waals surface area contributed by atoms with Crippen LogP contribution in [0.3, 0.4) is 0 Å². The first kappa shape index (κ1) is 16.4. The summed E-state index contributed by atoms with van der Waals surface area (Å²) in [5.74, 6) is 1.10. The lowest BCUT2D eigenvalue weighted by atomic mass is 10.2. The summed E-state index contributed by atoms with van der Waals surface area (Å²) in [5.41, 5.74) is 2.18. The molecule has 1 amide bonds. The van der Waals surface area contributed by atoms with E-state index >= 15 is 0 Å². The van der Waals surface area contributed by atoms with Crippen molar-refractivity contribution in [2.45, 2.75) is 6.92 Å². The van der Waals surface area contributed by atoms with Crippen molar-refractivity contribution in [1.29, 1.82) is 0 Å². The van der Waals surface area contributed by atoms with Gasteiger partial charge in [0.25, 0.3) is 5.91 Å². The van der Waals surface area contributed by atoms with Crippen LogP contribution in [-0.4, -0.2) is 35.4 Å². The number of benzene rings is 1. The average molecular weight is 338 g/mol. The van der Waals surface area contributed by atoms with E-state index in [0.29, 0.717) is 17.4 Å². The maximum atomic E-state index is 12.1. The monoisotopic (exact) mass is 338 g/mol. The van der Waals surface area contributed by atoms with Crippen LogP contribution < -0.4 is 15.5 Å². The maximum absolute atomic E-state index is 12.1. The standard InChI is InChI=1S/C17H18N6O2/c1-11-10-16(22-25-11)19-17(24)14-8-9-15(21-20-14)18-12-4-6-13(7-5-12)23(2)3/h4-10H,1-3H3,(H,18,21)(H,19,22,24). The van der Waals surface area contributed by atoms with Gasteiger partial charge >= 0.3 is 0 Å². The minimum atomic E-state index is -0.400. The molecule has 2 aromatic heterocycles. The lowest BCUT2D eigenvalue weighted by molar-refractivity contribution is 0.102. The molecule has 0 aliphatic rings. The Kier molecular flexibility index (Phi) is 4.60. The lowest BCUT2D eigenvalue weighted by Crippen LogP contribution is -2.14. The van der Waals surface area contributed by atoms with Gasteiger partial charge in [-0.3, -0.25) is 4.79 Å². The molecule has 0 saturated heterocycles. The largest absolute Gasteiger partial charge is 0.378 e. The molecule has 128 valence electrons. The molecule has 25 heavy (non-hydrogen) atoms. The zero-order valence-corrected chi connectivity index (χ0v) is 14.1. The number of rotatable bonds is 5. The van der Waals surface area contributed by atoms with Gasteiger partial charge in [-0.25, -0.2) is 0 Å². The second-order valence-electron chi connectivity index (χ2n) is 5.65. The van der Waals surface area contributed by atoms with E-state index < -0.39 is 5.91 Å². The Morgan fingerprint density at radius 2 is 1.80 bits per heavy atom. The third kappa shape index (κ3) is 4.11. The molecule has 2 heterocycles. The molecule has 0 aliphatic heterocycles. The lowest BCUT2D eigenvalue weighted by Gasteiger charge is -2.13. The molecule has 1 aromatic carbocycles. The Hall–Kier alpha value is -3.42. The van der Waals surface area contributed by atoms with Crippen LogP contribution >= 0.6 is 0 Å². The van der Waals surface area contributed by atoms with Gasteiger partial charge in [0.1, 0.15) is 5.76 Å². The van der Waals surface area contributed by atoms with E-state index in [4.69, 9.17) is 4.52 Å². The van der Waals surface area contributed by atoms with Gasteiger partial charge in [0, 0.05) is 31.5 Å². The van der Waals surface area contributed by atoms with E-state index in [1.807, 2.05) is 43.3 Å². The van der Waals surface area contributed by atoms with Gasteiger partial charge in [-0.1, -0.05) is 5.16 Å². The SMILES string of the molecule is Cc1cc(NC(=O)c2ccc(Nc3ccc(N(C)C)cc3)nn2)no1. The highest BCUT2D eigenvalue weighted by atomic mass is 16.5. The maximum Gasteiger partial charge on any atom is 0.277 e. The van der Waals surface area contributed by atoms with Crippen LogP contribution in [0.4, 0.5) is 23.0 Å². The van der Waals surface area contributed by atoms with Crippen molar-refractivity contribution in [3.63, 3.8) is 0 Å². The van der Waals surface area contributed by atoms with Gasteiger partial charge in [-0.05, 0) is 43.3 Å². The molecule has 3 rings (SSSR count). The molecular formula is C17H18N6O2. The van der Waals surface area contributed by atoms with Gasteiger partial charge in [-0.15, -0.1) is 10.2 Å². The number of carbonyl (C=O) groups excluding carboxylic acids is 1. The molecule has 8 heteroatoms. The highest BCUT2D eigenvalue weighted by Crippen LogP contribution is 2.18. The van der Waals surface area contributed by atoms with E-state index in [-0.39, 0.29) is 5.69 Å². The van der Waals surface area contributed by atoms with E-state index in [1.165, 1.54) is 0 Å². The smallest absolute Gasteiger partial charge is 0.277 e. The summed E-state index contributed by atoms with van der Waals surface area (Å²) in [6, 6.07) is 12.8. The molecule has 8 nitrogen and oxygen atoms in total. The number of aromatic nitrogens is 3. The fourth-order valence-electron chi connectivity index (χ4n) is 2.12. The zero-order valence-electron chi connectivity index (χ0n) is 14.1. The van der Waals surface area contributed by atoms with Crippen molar-refractivity contribution in [3.8, 4) is 0 Å². The predicted molar refractivity (Wildman–Crippen MR) is 95.3 cm³/mol. The second-order valence-corrected chi connectivity index (χ2v) is 5.65. The number of carbonyl (C=O) groups is 1. The normalized spacial score (nSPS) is 10.4. The molecule has 0 spiro atoms. The first-order valence-electron chi connectivity index (χ1n) is 7.64. The zero-order chi connectivity index (χ0) is 17.8. The molecule has 0 aliphatic carbocycles. The third-order valence-corrected chi connectivity index (χ3v) is 3.42. The number of hydrogen-bond donors (Lipinski definition) is 2. The van der Waals surface area contributed by atoms with Crippen LogP contribution in [0.1, 0.15) is 16.2 Å². The molecule has 0 fully saturated rings. The van der Waals surface area contributed by atoms with Gasteiger partial charge in [0.15, 0.2) is 17.3 Å². The number of hydrogen-bond acceptors (Lipinski definition) is 7. The number of aryl methyl sites for hydroxylation is 1. The fourth-order valence-corrected chi connectivity index (χ4v) is 2.12. The van der Waals surface area contributed by atoms with Crippen LogP contribution in [0, 0.1) is 6.92 Å². The summed E-state index contributed by atoms with van der Waals surface area (Å²) in [4.78, 5) is 14.1. The van der Waals surface area contributed by atoms with Crippen LogP contribution in [0.2, 0.25) is 0 Å². The average Bonchev–Trinajstić information content (AvgIpc) is 3.01. The number of nitrogens with zero attached hydrogens (tertiary/aromatic N) is 4. The van der Waals surface area contributed by atoms with Crippen molar-refractivity contribution in [3.05, 3.63) is 53.9 Å². The molecule has 0 bridgehead atoms. The Bertz CT molecular complexity index is 856. The van der Waals surface area contributed by atoms with Crippen molar-refractivity contribution < 1.29 is 9.32 Å². The summed E-state index contributed by atoms with van der Waals surface area (Å²) >= 11 is 0. The minimum absolute atomic E-state index is 0.189. The Balaban J connectivity index is 1.64. The van der Waals surface area contributed by atoms with Crippen LogP contribution in [0.15, 0.2) is 47.0 Å². The molecular weight excluding hydrogens is 320 g/mol. The Morgan fingerprint density at radius 1 is 1.04 bits per heavy atom. The molecule has 0 unspecified atom stereocenters. The summed E-state index contributed by atoms with van der Waals surface area (Å²) in [6.07, 6.45) is 0. The molecule has 3 aromatic rings. The number of amides is 1. The first-order valence-corrected chi connectivity index (χ1v) is 7.64. The summed E-state index contributed by atoms with van der Waals surface area (Å²) < 4.78 is 4.90. The predicted octanol–water partition coefficient (Wildman–Crippen LogP) is 2.83. The van der Waals surface area contributed by atoms with Gasteiger partial charge in [0.2, 0.25) is 0 Å². The fraction of sp³-hybridized carbons (Fsp3) is 0.176. The van der Waals surface area contributed by atoms with Crippen molar-refractivity contribution in [2.75, 3.05) is 29.6 Å². The summed E-state index contributed by atoms with van der Waals surface area (Å²) in [7, 11) is 3.97. The second kappa shape index (κ2) is 7.00. The number of nitrogens with one attached hydrogen (secondary N) is 2. The van der Waals surface area contributed by atoms with E-state index in [1.54, 1.807) is 25.1 Å². The van der Waals surface area contributed by atoms with Crippen molar-refractivity contribution in [2.24, 2.45) is 0 Å². The topological polar surface area (TPSA) is 96.2 Å². The highest BCUT2D eigenvalue weighted by Gasteiger charge is 2.11. The molecule has 0 radical (unpaired) electrons. The van der Waals surface area contributed by atoms with Gasteiger partial charge in [-0.2, -0.15) is 0 Å². The van der Waals surface area contributed by atoms with Crippen molar-refractivity contribution >= 4 is 28.9 Å². The van der Waals surface area contributed by atoms with E-state index in [0.717, 1.165) is 11.4 Å². The van der Waals surface area contributed by atoms with Crippen LogP contribution in [0.5, 0.6) is 0 Å². The van der Waals surface area contributed by atoms with Gasteiger partial charge < -0.3 is 20.1 Å². The summed E-state index contributed by atoms with van der Waals surface area (Å²) in [6.45, 7) is 1.74.